The first-order valence-corrected chi connectivity index (χ1v) is 6.47. The van der Waals surface area contributed by atoms with Crippen LogP contribution in [-0.4, -0.2) is 31.5 Å². The van der Waals surface area contributed by atoms with E-state index < -0.39 is 6.04 Å². The molecule has 5 heteroatoms. The highest BCUT2D eigenvalue weighted by Crippen LogP contribution is 2.18. The van der Waals surface area contributed by atoms with Crippen molar-refractivity contribution >= 4 is 17.9 Å². The molecule has 0 heterocycles. The van der Waals surface area contributed by atoms with E-state index in [4.69, 9.17) is 4.74 Å². The molecule has 0 aliphatic carbocycles. The Morgan fingerprint density at radius 1 is 1.35 bits per heavy atom. The van der Waals surface area contributed by atoms with Crippen LogP contribution < -0.4 is 15.4 Å². The van der Waals surface area contributed by atoms with E-state index in [1.54, 1.807) is 20.1 Å². The van der Waals surface area contributed by atoms with Crippen molar-refractivity contribution in [3.63, 3.8) is 0 Å². The quantitative estimate of drug-likeness (QED) is 0.771. The molecule has 1 rings (SSSR count). The molecule has 0 bridgehead atoms. The first kappa shape index (κ1) is 15.8. The van der Waals surface area contributed by atoms with Crippen molar-refractivity contribution in [2.75, 3.05) is 13.7 Å². The Hall–Kier alpha value is -2.30. The van der Waals surface area contributed by atoms with Crippen LogP contribution in [-0.2, 0) is 9.59 Å². The Morgan fingerprint density at radius 2 is 2.05 bits per heavy atom. The average molecular weight is 276 g/mol. The van der Waals surface area contributed by atoms with Crippen molar-refractivity contribution < 1.29 is 14.3 Å². The lowest BCUT2D eigenvalue weighted by Gasteiger charge is -2.11. The number of hydrogen-bond donors (Lipinski definition) is 2. The minimum Gasteiger partial charge on any atom is -0.496 e. The number of benzene rings is 1. The van der Waals surface area contributed by atoms with Crippen molar-refractivity contribution in [3.05, 3.63) is 35.9 Å². The zero-order valence-corrected chi connectivity index (χ0v) is 12.0. The molecule has 0 aliphatic rings. The van der Waals surface area contributed by atoms with E-state index in [9.17, 15) is 9.59 Å². The van der Waals surface area contributed by atoms with Crippen LogP contribution in [0.4, 0.5) is 0 Å². The summed E-state index contributed by atoms with van der Waals surface area (Å²) in [5, 5.41) is 5.24. The highest BCUT2D eigenvalue weighted by atomic mass is 16.5. The first-order valence-electron chi connectivity index (χ1n) is 6.47. The highest BCUT2D eigenvalue weighted by Gasteiger charge is 2.12. The molecular formula is C15H20N2O3. The molecule has 5 nitrogen and oxygen atoms in total. The van der Waals surface area contributed by atoms with Gasteiger partial charge in [0, 0.05) is 18.2 Å². The number of amides is 2. The molecule has 0 unspecified atom stereocenters. The minimum atomic E-state index is -0.565. The van der Waals surface area contributed by atoms with Crippen LogP contribution in [0.25, 0.3) is 6.08 Å². The fraction of sp³-hybridized carbons (Fsp3) is 0.333. The molecule has 2 amide bonds. The smallest absolute Gasteiger partial charge is 0.244 e. The molecule has 1 aromatic carbocycles. The summed E-state index contributed by atoms with van der Waals surface area (Å²) in [5.41, 5.74) is 0.802. The van der Waals surface area contributed by atoms with Gasteiger partial charge in [0.05, 0.1) is 7.11 Å². The Labute approximate surface area is 119 Å². The zero-order chi connectivity index (χ0) is 15.0. The molecule has 0 radical (unpaired) electrons. The summed E-state index contributed by atoms with van der Waals surface area (Å²) in [6, 6.07) is 6.81. The number of likely N-dealkylation sites (N-methyl/N-ethyl adjacent to an activating group) is 1. The summed E-state index contributed by atoms with van der Waals surface area (Å²) in [7, 11) is 1.57. The maximum Gasteiger partial charge on any atom is 0.244 e. The average Bonchev–Trinajstić information content (AvgIpc) is 2.45. The van der Waals surface area contributed by atoms with Crippen molar-refractivity contribution in [1.82, 2.24) is 10.6 Å². The lowest BCUT2D eigenvalue weighted by molar-refractivity contribution is -0.126. The molecule has 2 N–H and O–H groups in total. The highest BCUT2D eigenvalue weighted by molar-refractivity contribution is 5.95. The second-order valence-electron chi connectivity index (χ2n) is 4.20. The molecule has 108 valence electrons. The molecule has 0 saturated carbocycles. The third-order valence-electron chi connectivity index (χ3n) is 2.66. The number of para-hydroxylation sites is 1. The Balaban J connectivity index is 2.62. The Morgan fingerprint density at radius 3 is 2.70 bits per heavy atom. The van der Waals surface area contributed by atoms with E-state index in [-0.39, 0.29) is 11.8 Å². The second kappa shape index (κ2) is 7.99. The standard InChI is InChI=1S/C15H20N2O3/c1-4-16-15(19)11(2)17-14(18)10-9-12-7-5-6-8-13(12)20-3/h5-11H,4H2,1-3H3,(H,16,19)(H,17,18)/b10-9+/t11-/m0/s1. The number of ether oxygens (including phenoxy) is 1. The van der Waals surface area contributed by atoms with Gasteiger partial charge in [-0.15, -0.1) is 0 Å². The number of carbonyl (C=O) groups is 2. The molecule has 0 aromatic heterocycles. The van der Waals surface area contributed by atoms with E-state index in [0.717, 1.165) is 5.56 Å². The predicted octanol–water partition coefficient (Wildman–Crippen LogP) is 1.35. The summed E-state index contributed by atoms with van der Waals surface area (Å²) in [5.74, 6) is 0.162. The molecule has 0 aliphatic heterocycles. The predicted molar refractivity (Wildman–Crippen MR) is 78.3 cm³/mol. The van der Waals surface area contributed by atoms with Gasteiger partial charge >= 0.3 is 0 Å². The van der Waals surface area contributed by atoms with Crippen LogP contribution in [0.15, 0.2) is 30.3 Å². The molecular weight excluding hydrogens is 256 g/mol. The Bertz CT molecular complexity index is 498. The van der Waals surface area contributed by atoms with Crippen molar-refractivity contribution in [3.8, 4) is 5.75 Å². The van der Waals surface area contributed by atoms with Gasteiger partial charge in [0.1, 0.15) is 11.8 Å². The maximum atomic E-state index is 11.7. The van der Waals surface area contributed by atoms with Gasteiger partial charge in [-0.1, -0.05) is 18.2 Å². The van der Waals surface area contributed by atoms with E-state index in [1.807, 2.05) is 31.2 Å². The number of rotatable bonds is 6. The summed E-state index contributed by atoms with van der Waals surface area (Å²) in [6.07, 6.45) is 3.03. The lowest BCUT2D eigenvalue weighted by Crippen LogP contribution is -2.44. The summed E-state index contributed by atoms with van der Waals surface area (Å²) < 4.78 is 5.18. The zero-order valence-electron chi connectivity index (χ0n) is 12.0. The van der Waals surface area contributed by atoms with Crippen LogP contribution in [0, 0.1) is 0 Å². The van der Waals surface area contributed by atoms with Crippen LogP contribution in [0.3, 0.4) is 0 Å². The van der Waals surface area contributed by atoms with Crippen molar-refractivity contribution in [1.29, 1.82) is 0 Å². The number of carbonyl (C=O) groups excluding carboxylic acids is 2. The molecule has 0 saturated heterocycles. The molecule has 1 atom stereocenters. The second-order valence-corrected chi connectivity index (χ2v) is 4.20. The fourth-order valence-electron chi connectivity index (χ4n) is 1.62. The van der Waals surface area contributed by atoms with E-state index in [1.165, 1.54) is 6.08 Å². The van der Waals surface area contributed by atoms with Crippen molar-refractivity contribution in [2.24, 2.45) is 0 Å². The summed E-state index contributed by atoms with van der Waals surface area (Å²) in [4.78, 5) is 23.2. The van der Waals surface area contributed by atoms with Gasteiger partial charge in [0.2, 0.25) is 11.8 Å². The largest absolute Gasteiger partial charge is 0.496 e. The van der Waals surface area contributed by atoms with Gasteiger partial charge in [0.15, 0.2) is 0 Å². The molecule has 1 aromatic rings. The van der Waals surface area contributed by atoms with E-state index >= 15 is 0 Å². The van der Waals surface area contributed by atoms with Crippen LogP contribution in [0.2, 0.25) is 0 Å². The van der Waals surface area contributed by atoms with E-state index in [2.05, 4.69) is 10.6 Å². The monoisotopic (exact) mass is 276 g/mol. The first-order chi connectivity index (χ1) is 9.58. The Kier molecular flexibility index (Phi) is 6.29. The molecule has 20 heavy (non-hydrogen) atoms. The number of nitrogens with one attached hydrogen (secondary N) is 2. The minimum absolute atomic E-state index is 0.202. The van der Waals surface area contributed by atoms with Crippen LogP contribution in [0.1, 0.15) is 19.4 Å². The number of methoxy groups -OCH3 is 1. The normalized spacial score (nSPS) is 11.9. The summed E-state index contributed by atoms with van der Waals surface area (Å²) >= 11 is 0. The summed E-state index contributed by atoms with van der Waals surface area (Å²) in [6.45, 7) is 4.00. The van der Waals surface area contributed by atoms with E-state index in [0.29, 0.717) is 12.3 Å². The third-order valence-corrected chi connectivity index (χ3v) is 2.66. The van der Waals surface area contributed by atoms with Crippen molar-refractivity contribution in [2.45, 2.75) is 19.9 Å². The molecule has 0 fully saturated rings. The fourth-order valence-corrected chi connectivity index (χ4v) is 1.62. The number of hydrogen-bond acceptors (Lipinski definition) is 3. The SMILES string of the molecule is CCNC(=O)[C@H](C)NC(=O)/C=C/c1ccccc1OC. The van der Waals surface area contributed by atoms with Gasteiger partial charge < -0.3 is 15.4 Å². The topological polar surface area (TPSA) is 67.4 Å². The van der Waals surface area contributed by atoms with Gasteiger partial charge in [-0.25, -0.2) is 0 Å². The third kappa shape index (κ3) is 4.76. The van der Waals surface area contributed by atoms with Crippen LogP contribution >= 0.6 is 0 Å². The van der Waals surface area contributed by atoms with Gasteiger partial charge in [0.25, 0.3) is 0 Å². The van der Waals surface area contributed by atoms with Gasteiger partial charge in [-0.3, -0.25) is 9.59 Å². The lowest BCUT2D eigenvalue weighted by atomic mass is 10.2. The maximum absolute atomic E-state index is 11.7. The van der Waals surface area contributed by atoms with Crippen LogP contribution in [0.5, 0.6) is 5.75 Å². The van der Waals surface area contributed by atoms with Gasteiger partial charge in [-0.2, -0.15) is 0 Å². The van der Waals surface area contributed by atoms with Gasteiger partial charge in [-0.05, 0) is 26.0 Å². The molecule has 0 spiro atoms.